The molecule has 154 valence electrons. The second-order valence-corrected chi connectivity index (χ2v) is 6.51. The minimum absolute atomic E-state index is 0.0216. The lowest BCUT2D eigenvalue weighted by molar-refractivity contribution is -0.126. The summed E-state index contributed by atoms with van der Waals surface area (Å²) in [7, 11) is 1.35. The molecule has 2 aromatic rings. The molecule has 1 aliphatic rings. The molecular formula is C21H22F2N2O4. The number of carbonyl (C=O) groups is 1. The number of fused-ring (bicyclic) bond motifs is 1. The van der Waals surface area contributed by atoms with Gasteiger partial charge in [-0.1, -0.05) is 29.4 Å². The quantitative estimate of drug-likeness (QED) is 0.536. The van der Waals surface area contributed by atoms with E-state index >= 15 is 0 Å². The van der Waals surface area contributed by atoms with Crippen molar-refractivity contribution in [1.29, 1.82) is 0 Å². The SMILES string of the molecule is COc1cc(/C=N/OCC(=O)NC2CCCc3ccccc32)ccc1OC(F)F. The van der Waals surface area contributed by atoms with Crippen molar-refractivity contribution >= 4 is 12.1 Å². The largest absolute Gasteiger partial charge is 0.493 e. The van der Waals surface area contributed by atoms with E-state index in [1.807, 2.05) is 18.2 Å². The maximum absolute atomic E-state index is 12.3. The Morgan fingerprint density at radius 1 is 1.28 bits per heavy atom. The van der Waals surface area contributed by atoms with Gasteiger partial charge in [-0.25, -0.2) is 0 Å². The molecule has 0 bridgehead atoms. The molecule has 1 amide bonds. The van der Waals surface area contributed by atoms with Crippen LogP contribution in [-0.2, 0) is 16.1 Å². The Labute approximate surface area is 167 Å². The van der Waals surface area contributed by atoms with Gasteiger partial charge >= 0.3 is 6.61 Å². The smallest absolute Gasteiger partial charge is 0.387 e. The van der Waals surface area contributed by atoms with Gasteiger partial charge < -0.3 is 19.6 Å². The van der Waals surface area contributed by atoms with Gasteiger partial charge in [-0.2, -0.15) is 8.78 Å². The van der Waals surface area contributed by atoms with Crippen LogP contribution in [0.1, 0.15) is 35.6 Å². The first-order valence-electron chi connectivity index (χ1n) is 9.22. The molecule has 6 nitrogen and oxygen atoms in total. The van der Waals surface area contributed by atoms with Crippen LogP contribution in [0.2, 0.25) is 0 Å². The van der Waals surface area contributed by atoms with Crippen molar-refractivity contribution in [2.75, 3.05) is 13.7 Å². The predicted octanol–water partition coefficient (Wildman–Crippen LogP) is 3.84. The topological polar surface area (TPSA) is 69.2 Å². The second kappa shape index (κ2) is 9.86. The molecule has 0 heterocycles. The Bertz CT molecular complexity index is 874. The number of nitrogens with one attached hydrogen (secondary N) is 1. The Morgan fingerprint density at radius 2 is 2.10 bits per heavy atom. The summed E-state index contributed by atoms with van der Waals surface area (Å²) >= 11 is 0. The van der Waals surface area contributed by atoms with Gasteiger partial charge in [0.2, 0.25) is 0 Å². The highest BCUT2D eigenvalue weighted by Crippen LogP contribution is 2.30. The lowest BCUT2D eigenvalue weighted by Gasteiger charge is -2.26. The van der Waals surface area contributed by atoms with Crippen LogP contribution in [0, 0.1) is 0 Å². The van der Waals surface area contributed by atoms with Crippen LogP contribution in [-0.4, -0.2) is 32.4 Å². The first-order chi connectivity index (χ1) is 14.1. The van der Waals surface area contributed by atoms with Crippen LogP contribution in [0.25, 0.3) is 0 Å². The fourth-order valence-corrected chi connectivity index (χ4v) is 3.29. The van der Waals surface area contributed by atoms with Crippen molar-refractivity contribution in [3.05, 3.63) is 59.2 Å². The third-order valence-corrected chi connectivity index (χ3v) is 4.58. The number of hydrogen-bond acceptors (Lipinski definition) is 5. The number of aryl methyl sites for hydroxylation is 1. The molecule has 0 spiro atoms. The number of amides is 1. The van der Waals surface area contributed by atoms with Gasteiger partial charge in [0.15, 0.2) is 18.1 Å². The van der Waals surface area contributed by atoms with Crippen LogP contribution in [0.5, 0.6) is 11.5 Å². The van der Waals surface area contributed by atoms with Gasteiger partial charge in [0.25, 0.3) is 5.91 Å². The van der Waals surface area contributed by atoms with Gasteiger partial charge in [0.05, 0.1) is 19.4 Å². The summed E-state index contributed by atoms with van der Waals surface area (Å²) in [6, 6.07) is 12.4. The zero-order chi connectivity index (χ0) is 20.6. The van der Waals surface area contributed by atoms with Gasteiger partial charge in [-0.05, 0) is 48.6 Å². The van der Waals surface area contributed by atoms with E-state index in [0.29, 0.717) is 5.56 Å². The number of alkyl halides is 2. The molecule has 0 saturated carbocycles. The van der Waals surface area contributed by atoms with Crippen LogP contribution in [0.4, 0.5) is 8.78 Å². The molecule has 0 saturated heterocycles. The molecular weight excluding hydrogens is 382 g/mol. The van der Waals surface area contributed by atoms with Crippen molar-refractivity contribution in [2.24, 2.45) is 5.16 Å². The number of methoxy groups -OCH3 is 1. The molecule has 29 heavy (non-hydrogen) atoms. The standard InChI is InChI=1S/C21H22F2N2O4/c1-27-19-11-14(9-10-18(19)29-21(22)23)12-24-28-13-20(26)25-17-8-4-6-15-5-2-3-7-16(15)17/h2-3,5,7,9-12,17,21H,4,6,8,13H2,1H3,(H,25,26)/b24-12+. The number of benzene rings is 2. The Hall–Kier alpha value is -3.16. The van der Waals surface area contributed by atoms with Crippen LogP contribution in [0.15, 0.2) is 47.6 Å². The molecule has 0 radical (unpaired) electrons. The number of nitrogens with zero attached hydrogens (tertiary/aromatic N) is 1. The second-order valence-electron chi connectivity index (χ2n) is 6.51. The summed E-state index contributed by atoms with van der Waals surface area (Å²) in [6.45, 7) is -3.17. The summed E-state index contributed by atoms with van der Waals surface area (Å²) in [5.41, 5.74) is 2.95. The molecule has 3 rings (SSSR count). The Kier molecular flexibility index (Phi) is 6.99. The zero-order valence-corrected chi connectivity index (χ0v) is 15.9. The average Bonchev–Trinajstić information content (AvgIpc) is 2.72. The number of carbonyl (C=O) groups excluding carboxylic acids is 1. The third-order valence-electron chi connectivity index (χ3n) is 4.58. The Balaban J connectivity index is 1.51. The van der Waals surface area contributed by atoms with Crippen LogP contribution in [0.3, 0.4) is 0 Å². The zero-order valence-electron chi connectivity index (χ0n) is 15.9. The molecule has 8 heteroatoms. The van der Waals surface area contributed by atoms with E-state index in [0.717, 1.165) is 24.8 Å². The van der Waals surface area contributed by atoms with Crippen LogP contribution >= 0.6 is 0 Å². The molecule has 0 fully saturated rings. The minimum atomic E-state index is -2.94. The van der Waals surface area contributed by atoms with Crippen molar-refractivity contribution in [2.45, 2.75) is 31.9 Å². The average molecular weight is 404 g/mol. The lowest BCUT2D eigenvalue weighted by Crippen LogP contribution is -2.33. The third kappa shape index (κ3) is 5.66. The molecule has 1 atom stereocenters. The van der Waals surface area contributed by atoms with E-state index in [-0.39, 0.29) is 30.1 Å². The number of oxime groups is 1. The fraction of sp³-hybridized carbons (Fsp3) is 0.333. The summed E-state index contributed by atoms with van der Waals surface area (Å²) in [5.74, 6) is -0.196. The van der Waals surface area contributed by atoms with Gasteiger partial charge in [-0.15, -0.1) is 0 Å². The van der Waals surface area contributed by atoms with E-state index in [4.69, 9.17) is 9.57 Å². The number of hydrogen-bond donors (Lipinski definition) is 1. The Morgan fingerprint density at radius 3 is 2.90 bits per heavy atom. The minimum Gasteiger partial charge on any atom is -0.493 e. The summed E-state index contributed by atoms with van der Waals surface area (Å²) in [5, 5.41) is 6.73. The van der Waals surface area contributed by atoms with Crippen molar-refractivity contribution < 1.29 is 27.9 Å². The molecule has 0 aromatic heterocycles. The van der Waals surface area contributed by atoms with Crippen LogP contribution < -0.4 is 14.8 Å². The normalized spacial score (nSPS) is 15.8. The van der Waals surface area contributed by atoms with Gasteiger partial charge in [-0.3, -0.25) is 4.79 Å². The summed E-state index contributed by atoms with van der Waals surface area (Å²) < 4.78 is 34.1. The highest BCUT2D eigenvalue weighted by atomic mass is 19.3. The van der Waals surface area contributed by atoms with Gasteiger partial charge in [0, 0.05) is 5.56 Å². The van der Waals surface area contributed by atoms with Gasteiger partial charge in [0.1, 0.15) is 0 Å². The summed E-state index contributed by atoms with van der Waals surface area (Å²) in [4.78, 5) is 17.2. The molecule has 2 aromatic carbocycles. The van der Waals surface area contributed by atoms with Crippen molar-refractivity contribution in [3.63, 3.8) is 0 Å². The number of halogens is 2. The maximum atomic E-state index is 12.3. The van der Waals surface area contributed by atoms with E-state index in [1.165, 1.54) is 37.1 Å². The van der Waals surface area contributed by atoms with E-state index in [2.05, 4.69) is 21.3 Å². The number of ether oxygens (including phenoxy) is 2. The van der Waals surface area contributed by atoms with E-state index < -0.39 is 6.61 Å². The highest BCUT2D eigenvalue weighted by Gasteiger charge is 2.21. The molecule has 1 aliphatic carbocycles. The monoisotopic (exact) mass is 404 g/mol. The highest BCUT2D eigenvalue weighted by molar-refractivity contribution is 5.81. The molecule has 1 unspecified atom stereocenters. The predicted molar refractivity (Wildman–Crippen MR) is 103 cm³/mol. The molecule has 0 aliphatic heterocycles. The lowest BCUT2D eigenvalue weighted by atomic mass is 9.88. The first-order valence-corrected chi connectivity index (χ1v) is 9.22. The summed E-state index contributed by atoms with van der Waals surface area (Å²) in [6.07, 6.45) is 4.29. The van der Waals surface area contributed by atoms with Crippen molar-refractivity contribution in [1.82, 2.24) is 5.32 Å². The van der Waals surface area contributed by atoms with E-state index in [9.17, 15) is 13.6 Å². The molecule has 1 N–H and O–H groups in total. The first kappa shape index (κ1) is 20.6. The van der Waals surface area contributed by atoms with Crippen molar-refractivity contribution in [3.8, 4) is 11.5 Å². The number of rotatable bonds is 8. The fourth-order valence-electron chi connectivity index (χ4n) is 3.29. The maximum Gasteiger partial charge on any atom is 0.387 e. The van der Waals surface area contributed by atoms with E-state index in [1.54, 1.807) is 0 Å².